The van der Waals surface area contributed by atoms with Gasteiger partial charge in [0.05, 0.1) is 29.5 Å². The number of nitrogens with zero attached hydrogens (tertiary/aromatic N) is 3. The maximum absolute atomic E-state index is 12.6. The fourth-order valence-corrected chi connectivity index (χ4v) is 4.14. The lowest BCUT2D eigenvalue weighted by Crippen LogP contribution is -2.41. The van der Waals surface area contributed by atoms with Gasteiger partial charge in [0.2, 0.25) is 5.91 Å². The second kappa shape index (κ2) is 4.89. The Morgan fingerprint density at radius 3 is 3.05 bits per heavy atom. The van der Waals surface area contributed by atoms with Crippen LogP contribution in [0.3, 0.4) is 0 Å². The third-order valence-corrected chi connectivity index (χ3v) is 5.47. The van der Waals surface area contributed by atoms with Crippen LogP contribution in [0, 0.1) is 5.41 Å². The summed E-state index contributed by atoms with van der Waals surface area (Å²) in [6.07, 6.45) is 6.85. The van der Waals surface area contributed by atoms with Gasteiger partial charge in [-0.15, -0.1) is 11.3 Å². The van der Waals surface area contributed by atoms with Gasteiger partial charge in [0.15, 0.2) is 5.13 Å². The van der Waals surface area contributed by atoms with Crippen molar-refractivity contribution < 1.29 is 9.53 Å². The van der Waals surface area contributed by atoms with Crippen LogP contribution in [0.2, 0.25) is 0 Å². The monoisotopic (exact) mass is 318 g/mol. The fraction of sp³-hybridized carbons (Fsp3) is 0.533. The standard InChI is InChI=1S/C15H18N4O2S/c1-15(5-10-3-4-12(15)21-10)13(20)18-14-17-11(8-22-14)9-6-16-19(2)7-9/h6-8,10,12H,3-5H2,1-2H3,(H,17,18,20)/t10-,12+,15+/m1/s1. The number of hydrogen-bond acceptors (Lipinski definition) is 5. The molecule has 7 heteroatoms. The van der Waals surface area contributed by atoms with E-state index in [1.54, 1.807) is 10.9 Å². The molecular weight excluding hydrogens is 300 g/mol. The minimum atomic E-state index is -0.428. The van der Waals surface area contributed by atoms with Crippen LogP contribution in [0.25, 0.3) is 11.3 Å². The Bertz CT molecular complexity index is 725. The van der Waals surface area contributed by atoms with Crippen molar-refractivity contribution >= 4 is 22.4 Å². The summed E-state index contributed by atoms with van der Waals surface area (Å²) in [5.74, 6) is 0.0202. The molecule has 0 spiro atoms. The van der Waals surface area contributed by atoms with E-state index in [-0.39, 0.29) is 18.1 Å². The van der Waals surface area contributed by atoms with Crippen molar-refractivity contribution in [2.45, 2.75) is 38.4 Å². The van der Waals surface area contributed by atoms with E-state index in [9.17, 15) is 4.79 Å². The lowest BCUT2D eigenvalue weighted by molar-refractivity contribution is -0.127. The number of carbonyl (C=O) groups excluding carboxylic acids is 1. The summed E-state index contributed by atoms with van der Waals surface area (Å²) in [6.45, 7) is 2.00. The van der Waals surface area contributed by atoms with E-state index in [0.29, 0.717) is 5.13 Å². The number of hydrogen-bond donors (Lipinski definition) is 1. The Kier molecular flexibility index (Phi) is 3.09. The molecule has 0 radical (unpaired) electrons. The number of ether oxygens (including phenoxy) is 1. The van der Waals surface area contributed by atoms with Gasteiger partial charge in [-0.1, -0.05) is 0 Å². The highest BCUT2D eigenvalue weighted by molar-refractivity contribution is 7.14. The summed E-state index contributed by atoms with van der Waals surface area (Å²) in [7, 11) is 1.87. The predicted molar refractivity (Wildman–Crippen MR) is 83.6 cm³/mol. The van der Waals surface area contributed by atoms with Gasteiger partial charge in [-0.05, 0) is 26.2 Å². The van der Waals surface area contributed by atoms with E-state index in [1.165, 1.54) is 11.3 Å². The number of aryl methyl sites for hydroxylation is 1. The van der Waals surface area contributed by atoms with Crippen LogP contribution in [0.1, 0.15) is 26.2 Å². The second-order valence-electron chi connectivity index (χ2n) is 6.34. The Labute approximate surface area is 132 Å². The first kappa shape index (κ1) is 13.9. The number of carbonyl (C=O) groups is 1. The van der Waals surface area contributed by atoms with Crippen LogP contribution in [0.15, 0.2) is 17.8 Å². The molecule has 1 N–H and O–H groups in total. The van der Waals surface area contributed by atoms with E-state index < -0.39 is 5.41 Å². The molecule has 2 aliphatic rings. The molecule has 116 valence electrons. The molecule has 2 aromatic heterocycles. The summed E-state index contributed by atoms with van der Waals surface area (Å²) in [6, 6.07) is 0. The number of fused-ring (bicyclic) bond motifs is 2. The molecule has 2 bridgehead atoms. The van der Waals surface area contributed by atoms with Crippen LogP contribution >= 0.6 is 11.3 Å². The highest BCUT2D eigenvalue weighted by atomic mass is 32.1. The van der Waals surface area contributed by atoms with Gasteiger partial charge in [0, 0.05) is 24.2 Å². The van der Waals surface area contributed by atoms with E-state index in [0.717, 1.165) is 30.5 Å². The highest BCUT2D eigenvalue weighted by Crippen LogP contribution is 2.48. The number of aromatic nitrogens is 3. The fourth-order valence-electron chi connectivity index (χ4n) is 3.43. The Morgan fingerprint density at radius 1 is 1.55 bits per heavy atom. The minimum Gasteiger partial charge on any atom is -0.374 e. The molecule has 6 nitrogen and oxygen atoms in total. The third kappa shape index (κ3) is 2.16. The van der Waals surface area contributed by atoms with Crippen LogP contribution < -0.4 is 5.32 Å². The first-order chi connectivity index (χ1) is 10.5. The third-order valence-electron chi connectivity index (χ3n) is 4.71. The smallest absolute Gasteiger partial charge is 0.234 e. The summed E-state index contributed by atoms with van der Waals surface area (Å²) in [5.41, 5.74) is 1.36. The van der Waals surface area contributed by atoms with Crippen LogP contribution in [0.4, 0.5) is 5.13 Å². The molecular formula is C15H18N4O2S. The zero-order chi connectivity index (χ0) is 15.3. The largest absolute Gasteiger partial charge is 0.374 e. The van der Waals surface area contributed by atoms with Crippen LogP contribution in [-0.4, -0.2) is 32.9 Å². The quantitative estimate of drug-likeness (QED) is 0.944. The maximum atomic E-state index is 12.6. The molecule has 0 aromatic carbocycles. The van der Waals surface area contributed by atoms with E-state index in [4.69, 9.17) is 4.74 Å². The molecule has 1 amide bonds. The van der Waals surface area contributed by atoms with Crippen molar-refractivity contribution in [3.05, 3.63) is 17.8 Å². The zero-order valence-corrected chi connectivity index (χ0v) is 13.4. The van der Waals surface area contributed by atoms with Crippen LogP contribution in [-0.2, 0) is 16.6 Å². The summed E-state index contributed by atoms with van der Waals surface area (Å²) < 4.78 is 7.57. The van der Waals surface area contributed by atoms with Gasteiger partial charge in [0.1, 0.15) is 0 Å². The predicted octanol–water partition coefficient (Wildman–Crippen LogP) is 2.44. The number of rotatable bonds is 3. The average Bonchev–Trinajstić information content (AvgIpc) is 3.21. The molecule has 4 heterocycles. The summed E-state index contributed by atoms with van der Waals surface area (Å²) in [4.78, 5) is 17.1. The van der Waals surface area contributed by atoms with Crippen LogP contribution in [0.5, 0.6) is 0 Å². The molecule has 22 heavy (non-hydrogen) atoms. The number of amides is 1. The topological polar surface area (TPSA) is 69.0 Å². The van der Waals surface area contributed by atoms with Gasteiger partial charge in [-0.2, -0.15) is 5.10 Å². The van der Waals surface area contributed by atoms with E-state index in [2.05, 4.69) is 15.4 Å². The van der Waals surface area contributed by atoms with Gasteiger partial charge in [-0.25, -0.2) is 4.98 Å². The molecule has 3 atom stereocenters. The second-order valence-corrected chi connectivity index (χ2v) is 7.20. The molecule has 2 aliphatic heterocycles. The first-order valence-corrected chi connectivity index (χ1v) is 8.34. The van der Waals surface area contributed by atoms with E-state index >= 15 is 0 Å². The Hall–Kier alpha value is -1.73. The molecule has 2 fully saturated rings. The number of anilines is 1. The zero-order valence-electron chi connectivity index (χ0n) is 12.6. The Balaban J connectivity index is 1.50. The van der Waals surface area contributed by atoms with Crippen molar-refractivity contribution in [1.29, 1.82) is 0 Å². The maximum Gasteiger partial charge on any atom is 0.234 e. The van der Waals surface area contributed by atoms with Crippen molar-refractivity contribution in [2.75, 3.05) is 5.32 Å². The molecule has 0 saturated carbocycles. The highest BCUT2D eigenvalue weighted by Gasteiger charge is 2.53. The number of thiazole rings is 1. The van der Waals surface area contributed by atoms with Crippen molar-refractivity contribution in [2.24, 2.45) is 12.5 Å². The molecule has 0 unspecified atom stereocenters. The lowest BCUT2D eigenvalue weighted by atomic mass is 9.75. The number of nitrogens with one attached hydrogen (secondary N) is 1. The van der Waals surface area contributed by atoms with Gasteiger partial charge in [0.25, 0.3) is 0 Å². The van der Waals surface area contributed by atoms with Gasteiger partial charge < -0.3 is 10.1 Å². The average molecular weight is 318 g/mol. The lowest BCUT2D eigenvalue weighted by Gasteiger charge is -2.29. The summed E-state index contributed by atoms with van der Waals surface area (Å²) in [5, 5.41) is 9.68. The summed E-state index contributed by atoms with van der Waals surface area (Å²) >= 11 is 1.44. The van der Waals surface area contributed by atoms with Crippen molar-refractivity contribution in [3.63, 3.8) is 0 Å². The molecule has 2 saturated heterocycles. The van der Waals surface area contributed by atoms with Gasteiger partial charge >= 0.3 is 0 Å². The van der Waals surface area contributed by atoms with Crippen molar-refractivity contribution in [1.82, 2.24) is 14.8 Å². The first-order valence-electron chi connectivity index (χ1n) is 7.46. The van der Waals surface area contributed by atoms with E-state index in [1.807, 2.05) is 25.5 Å². The SMILES string of the molecule is Cn1cc(-c2csc(NC(=O)[C@@]3(C)C[C@H]4CC[C@@H]3O4)n2)cn1. The minimum absolute atomic E-state index is 0.0202. The van der Waals surface area contributed by atoms with Crippen molar-refractivity contribution in [3.8, 4) is 11.3 Å². The normalized spacial score (nSPS) is 29.9. The Morgan fingerprint density at radius 2 is 2.41 bits per heavy atom. The molecule has 0 aliphatic carbocycles. The molecule has 2 aromatic rings. The van der Waals surface area contributed by atoms with Gasteiger partial charge in [-0.3, -0.25) is 9.48 Å². The molecule has 4 rings (SSSR count).